The number of imidazole rings is 1. The van der Waals surface area contributed by atoms with Crippen LogP contribution in [0.25, 0.3) is 17.1 Å². The Hall–Kier alpha value is -2.35. The monoisotopic (exact) mass is 235 g/mol. The quantitative estimate of drug-likeness (QED) is 0.673. The van der Waals surface area contributed by atoms with Crippen LogP contribution in [0.3, 0.4) is 0 Å². The summed E-state index contributed by atoms with van der Waals surface area (Å²) in [6.45, 7) is 4.64. The number of benzene rings is 2. The van der Waals surface area contributed by atoms with E-state index in [4.69, 9.17) is 0 Å². The Morgan fingerprint density at radius 1 is 1.06 bits per heavy atom. The fraction of sp³-hybridized carbons (Fsp3) is 0.0625. The summed E-state index contributed by atoms with van der Waals surface area (Å²) in [5.74, 6) is 0. The van der Waals surface area contributed by atoms with Gasteiger partial charge in [0.25, 0.3) is 0 Å². The molecule has 88 valence electrons. The van der Waals surface area contributed by atoms with Gasteiger partial charge in [0.1, 0.15) is 6.54 Å². The molecule has 2 nitrogen and oxygen atoms in total. The van der Waals surface area contributed by atoms with Crippen molar-refractivity contribution in [1.82, 2.24) is 4.98 Å². The zero-order valence-electron chi connectivity index (χ0n) is 10.1. The van der Waals surface area contributed by atoms with Crippen molar-refractivity contribution in [3.05, 3.63) is 72.6 Å². The van der Waals surface area contributed by atoms with Crippen LogP contribution in [-0.2, 0) is 6.54 Å². The molecule has 2 heteroatoms. The largest absolute Gasteiger partial charge is 0.243 e. The van der Waals surface area contributed by atoms with Crippen LogP contribution in [-0.4, -0.2) is 4.98 Å². The SMILES string of the molecule is C=Cc1ccc(C[n+]2c[nH]c3ccccc32)cc1. The molecule has 3 rings (SSSR count). The maximum absolute atomic E-state index is 3.77. The molecule has 0 amide bonds. The van der Waals surface area contributed by atoms with E-state index in [0.29, 0.717) is 0 Å². The maximum atomic E-state index is 3.77. The Kier molecular flexibility index (Phi) is 2.69. The van der Waals surface area contributed by atoms with Gasteiger partial charge in [0.05, 0.1) is 0 Å². The highest BCUT2D eigenvalue weighted by Gasteiger charge is 2.08. The van der Waals surface area contributed by atoms with E-state index in [1.807, 2.05) is 18.5 Å². The normalized spacial score (nSPS) is 10.7. The molecule has 18 heavy (non-hydrogen) atoms. The first-order valence-corrected chi connectivity index (χ1v) is 6.04. The van der Waals surface area contributed by atoms with E-state index in [0.717, 1.165) is 12.1 Å². The summed E-state index contributed by atoms with van der Waals surface area (Å²) in [6, 6.07) is 16.8. The standard InChI is InChI=1S/C16H14N2/c1-2-13-7-9-14(10-8-13)11-18-12-17-15-5-3-4-6-16(15)18/h2-10,12H,1,11H2/p+1. The van der Waals surface area contributed by atoms with E-state index in [9.17, 15) is 0 Å². The van der Waals surface area contributed by atoms with E-state index >= 15 is 0 Å². The Labute approximate surface area is 106 Å². The fourth-order valence-corrected chi connectivity index (χ4v) is 2.15. The number of nitrogens with zero attached hydrogens (tertiary/aromatic N) is 1. The molecular formula is C16H15N2+. The summed E-state index contributed by atoms with van der Waals surface area (Å²) < 4.78 is 2.22. The summed E-state index contributed by atoms with van der Waals surface area (Å²) in [5.41, 5.74) is 4.84. The van der Waals surface area contributed by atoms with Gasteiger partial charge in [-0.2, -0.15) is 0 Å². The molecule has 0 fully saturated rings. The first kappa shape index (κ1) is 10.8. The zero-order valence-corrected chi connectivity index (χ0v) is 10.1. The average Bonchev–Trinajstić information content (AvgIpc) is 2.83. The fourth-order valence-electron chi connectivity index (χ4n) is 2.15. The number of fused-ring (bicyclic) bond motifs is 1. The van der Waals surface area contributed by atoms with Crippen molar-refractivity contribution >= 4 is 17.1 Å². The number of hydrogen-bond donors (Lipinski definition) is 1. The molecule has 2 aromatic carbocycles. The van der Waals surface area contributed by atoms with Crippen molar-refractivity contribution < 1.29 is 4.57 Å². The minimum atomic E-state index is 0.876. The molecule has 0 unspecified atom stereocenters. The predicted octanol–water partition coefficient (Wildman–Crippen LogP) is 3.15. The molecule has 0 saturated heterocycles. The van der Waals surface area contributed by atoms with Crippen LogP contribution in [0, 0.1) is 0 Å². The number of hydrogen-bond acceptors (Lipinski definition) is 0. The van der Waals surface area contributed by atoms with E-state index < -0.39 is 0 Å². The molecule has 0 atom stereocenters. The third-order valence-corrected chi connectivity index (χ3v) is 3.16. The van der Waals surface area contributed by atoms with E-state index in [2.05, 4.69) is 58.6 Å². The van der Waals surface area contributed by atoms with Gasteiger partial charge in [-0.1, -0.05) is 49.1 Å². The smallest absolute Gasteiger partial charge is 0.242 e. The molecule has 0 spiro atoms. The number of aromatic nitrogens is 2. The van der Waals surface area contributed by atoms with Gasteiger partial charge in [-0.15, -0.1) is 0 Å². The lowest BCUT2D eigenvalue weighted by molar-refractivity contribution is -0.662. The molecule has 0 radical (unpaired) electrons. The van der Waals surface area contributed by atoms with Crippen LogP contribution in [0.15, 0.2) is 61.4 Å². The lowest BCUT2D eigenvalue weighted by Gasteiger charge is -2.00. The third kappa shape index (κ3) is 1.93. The molecule has 3 aromatic rings. The van der Waals surface area contributed by atoms with Gasteiger partial charge < -0.3 is 0 Å². The molecular weight excluding hydrogens is 220 g/mol. The van der Waals surface area contributed by atoms with Gasteiger partial charge in [-0.25, -0.2) is 9.55 Å². The van der Waals surface area contributed by atoms with Gasteiger partial charge in [0, 0.05) is 0 Å². The Morgan fingerprint density at radius 2 is 1.83 bits per heavy atom. The van der Waals surface area contributed by atoms with Crippen LogP contribution < -0.4 is 4.57 Å². The van der Waals surface area contributed by atoms with Crippen molar-refractivity contribution in [1.29, 1.82) is 0 Å². The van der Waals surface area contributed by atoms with Gasteiger partial charge in [0.2, 0.25) is 6.33 Å². The minimum Gasteiger partial charge on any atom is -0.243 e. The van der Waals surface area contributed by atoms with E-state index in [1.165, 1.54) is 16.6 Å². The molecule has 1 N–H and O–H groups in total. The molecule has 0 saturated carbocycles. The van der Waals surface area contributed by atoms with Crippen molar-refractivity contribution in [2.24, 2.45) is 0 Å². The van der Waals surface area contributed by atoms with E-state index in [-0.39, 0.29) is 0 Å². The number of aromatic amines is 1. The predicted molar refractivity (Wildman–Crippen MR) is 74.1 cm³/mol. The summed E-state index contributed by atoms with van der Waals surface area (Å²) >= 11 is 0. The highest BCUT2D eigenvalue weighted by atomic mass is 15.0. The molecule has 0 bridgehead atoms. The average molecular weight is 235 g/mol. The highest BCUT2D eigenvalue weighted by Crippen LogP contribution is 2.08. The number of para-hydroxylation sites is 2. The van der Waals surface area contributed by atoms with Crippen LogP contribution >= 0.6 is 0 Å². The first-order valence-electron chi connectivity index (χ1n) is 6.04. The van der Waals surface area contributed by atoms with Gasteiger partial charge in [0.15, 0.2) is 11.0 Å². The number of nitrogens with one attached hydrogen (secondary N) is 1. The summed E-state index contributed by atoms with van der Waals surface area (Å²) in [6.07, 6.45) is 3.88. The van der Waals surface area contributed by atoms with Crippen LogP contribution in [0.2, 0.25) is 0 Å². The Balaban J connectivity index is 1.93. The summed E-state index contributed by atoms with van der Waals surface area (Å²) in [7, 11) is 0. The Bertz CT molecular complexity index is 678. The van der Waals surface area contributed by atoms with Crippen LogP contribution in [0.5, 0.6) is 0 Å². The highest BCUT2D eigenvalue weighted by molar-refractivity contribution is 5.70. The number of rotatable bonds is 3. The summed E-state index contributed by atoms with van der Waals surface area (Å²) in [5, 5.41) is 0. The van der Waals surface area contributed by atoms with E-state index in [1.54, 1.807) is 0 Å². The Morgan fingerprint density at radius 3 is 2.61 bits per heavy atom. The van der Waals surface area contributed by atoms with Crippen molar-refractivity contribution in [2.75, 3.05) is 0 Å². The van der Waals surface area contributed by atoms with Crippen molar-refractivity contribution in [2.45, 2.75) is 6.54 Å². The second kappa shape index (κ2) is 4.49. The maximum Gasteiger partial charge on any atom is 0.242 e. The topological polar surface area (TPSA) is 19.7 Å². The molecule has 1 heterocycles. The minimum absolute atomic E-state index is 0.876. The molecule has 0 aliphatic rings. The lowest BCUT2D eigenvalue weighted by atomic mass is 10.1. The molecule has 0 aliphatic heterocycles. The van der Waals surface area contributed by atoms with Crippen molar-refractivity contribution in [3.63, 3.8) is 0 Å². The van der Waals surface area contributed by atoms with Gasteiger partial charge in [-0.3, -0.25) is 0 Å². The van der Waals surface area contributed by atoms with Crippen LogP contribution in [0.1, 0.15) is 11.1 Å². The van der Waals surface area contributed by atoms with Gasteiger partial charge in [-0.05, 0) is 23.3 Å². The lowest BCUT2D eigenvalue weighted by Crippen LogP contribution is -2.32. The van der Waals surface area contributed by atoms with Gasteiger partial charge >= 0.3 is 0 Å². The third-order valence-electron chi connectivity index (χ3n) is 3.16. The number of H-pyrrole nitrogens is 1. The second-order valence-electron chi connectivity index (χ2n) is 4.36. The molecule has 0 aliphatic carbocycles. The zero-order chi connectivity index (χ0) is 12.4. The summed E-state index contributed by atoms with van der Waals surface area (Å²) in [4.78, 5) is 3.28. The van der Waals surface area contributed by atoms with Crippen LogP contribution in [0.4, 0.5) is 0 Å². The second-order valence-corrected chi connectivity index (χ2v) is 4.36. The first-order chi connectivity index (χ1) is 8.86. The molecule has 1 aromatic heterocycles. The van der Waals surface area contributed by atoms with Crippen molar-refractivity contribution in [3.8, 4) is 0 Å².